The first kappa shape index (κ1) is 17.7. The van der Waals surface area contributed by atoms with E-state index in [1.807, 2.05) is 48.5 Å². The predicted molar refractivity (Wildman–Crippen MR) is 105 cm³/mol. The van der Waals surface area contributed by atoms with Gasteiger partial charge in [-0.25, -0.2) is 0 Å². The van der Waals surface area contributed by atoms with Crippen LogP contribution >= 0.6 is 0 Å². The molecule has 0 aliphatic carbocycles. The highest BCUT2D eigenvalue weighted by molar-refractivity contribution is 6.02. The van der Waals surface area contributed by atoms with Gasteiger partial charge in [-0.05, 0) is 36.1 Å². The van der Waals surface area contributed by atoms with Crippen molar-refractivity contribution < 1.29 is 9.72 Å². The Morgan fingerprint density at radius 3 is 2.07 bits per heavy atom. The van der Waals surface area contributed by atoms with Crippen LogP contribution in [0.4, 0.5) is 17.1 Å². The number of hydrogen-bond acceptors (Lipinski definition) is 4. The molecule has 3 aromatic rings. The maximum absolute atomic E-state index is 13.3. The zero-order chi connectivity index (χ0) is 19.7. The van der Waals surface area contributed by atoms with Crippen molar-refractivity contribution in [1.29, 1.82) is 0 Å². The Kier molecular flexibility index (Phi) is 4.49. The van der Waals surface area contributed by atoms with E-state index in [2.05, 4.69) is 0 Å². The van der Waals surface area contributed by atoms with E-state index < -0.39 is 10.5 Å². The molecule has 4 rings (SSSR count). The van der Waals surface area contributed by atoms with Crippen LogP contribution in [0.3, 0.4) is 0 Å². The monoisotopic (exact) mass is 375 g/mol. The number of amides is 1. The molecule has 1 aromatic heterocycles. The zero-order valence-electron chi connectivity index (χ0n) is 14.9. The number of nitro groups is 1. The molecule has 7 heteroatoms. The van der Waals surface area contributed by atoms with Crippen LogP contribution in [0.15, 0.2) is 71.7 Å². The Labute approximate surface area is 160 Å². The molecule has 0 unspecified atom stereocenters. The van der Waals surface area contributed by atoms with E-state index >= 15 is 0 Å². The second-order valence-corrected chi connectivity index (χ2v) is 6.60. The minimum absolute atomic E-state index is 0.232. The zero-order valence-corrected chi connectivity index (χ0v) is 14.9. The predicted octanol–water partition coefficient (Wildman–Crippen LogP) is 3.22. The van der Waals surface area contributed by atoms with E-state index in [1.165, 1.54) is 0 Å². The molecule has 1 aliphatic rings. The number of carbonyl (C=O) groups excluding carboxylic acids is 1. The molecule has 0 saturated carbocycles. The number of pyridine rings is 1. The second-order valence-electron chi connectivity index (χ2n) is 6.60. The number of fused-ring (bicyclic) bond motifs is 2. The van der Waals surface area contributed by atoms with Gasteiger partial charge >= 0.3 is 0 Å². The van der Waals surface area contributed by atoms with Gasteiger partial charge in [-0.15, -0.1) is 0 Å². The van der Waals surface area contributed by atoms with Gasteiger partial charge in [0, 0.05) is 12.1 Å². The van der Waals surface area contributed by atoms with Gasteiger partial charge in [0.15, 0.2) is 0 Å². The Morgan fingerprint density at radius 2 is 1.50 bits per heavy atom. The summed E-state index contributed by atoms with van der Waals surface area (Å²) in [6.07, 6.45) is 2.71. The van der Waals surface area contributed by atoms with Gasteiger partial charge < -0.3 is 0 Å². The van der Waals surface area contributed by atoms with Crippen molar-refractivity contribution in [3.63, 3.8) is 0 Å². The largest absolute Gasteiger partial charge is 0.299 e. The molecular formula is C21H17N3O4. The van der Waals surface area contributed by atoms with Crippen molar-refractivity contribution in [3.05, 3.63) is 98.5 Å². The second kappa shape index (κ2) is 7.11. The summed E-state index contributed by atoms with van der Waals surface area (Å²) in [5.74, 6) is -0.329. The first-order valence-corrected chi connectivity index (χ1v) is 8.88. The molecule has 1 aliphatic heterocycles. The summed E-state index contributed by atoms with van der Waals surface area (Å²) in [6, 6.07) is 17.6. The molecule has 28 heavy (non-hydrogen) atoms. The Balaban J connectivity index is 1.78. The van der Waals surface area contributed by atoms with Gasteiger partial charge in [0.2, 0.25) is 0 Å². The molecule has 0 fully saturated rings. The molecule has 2 aromatic carbocycles. The number of hydrogen-bond donors (Lipinski definition) is 0. The average molecular weight is 375 g/mol. The standard InChI is InChI=1S/C21H17N3O4/c25-20-12-11-17(24(27)28)13-22(20)14-21(26)23-18-7-3-1-5-15(18)9-10-16-6-2-4-8-19(16)23/h1-8,11-13H,9-10,14H2. The van der Waals surface area contributed by atoms with Gasteiger partial charge in [-0.3, -0.25) is 29.2 Å². The quantitative estimate of drug-likeness (QED) is 0.520. The van der Waals surface area contributed by atoms with Crippen molar-refractivity contribution in [2.45, 2.75) is 19.4 Å². The summed E-state index contributed by atoms with van der Waals surface area (Å²) in [7, 11) is 0. The summed E-state index contributed by atoms with van der Waals surface area (Å²) >= 11 is 0. The van der Waals surface area contributed by atoms with E-state index in [0.29, 0.717) is 0 Å². The Morgan fingerprint density at radius 1 is 0.929 bits per heavy atom. The number of aryl methyl sites for hydroxylation is 2. The molecule has 0 spiro atoms. The first-order valence-electron chi connectivity index (χ1n) is 8.88. The Hall–Kier alpha value is -3.74. The van der Waals surface area contributed by atoms with Crippen LogP contribution in [0.2, 0.25) is 0 Å². The van der Waals surface area contributed by atoms with Crippen LogP contribution in [0.5, 0.6) is 0 Å². The number of anilines is 2. The van der Waals surface area contributed by atoms with Gasteiger partial charge in [0.1, 0.15) is 6.54 Å². The van der Waals surface area contributed by atoms with Crippen LogP contribution < -0.4 is 10.5 Å². The third-order valence-corrected chi connectivity index (χ3v) is 4.86. The molecule has 2 heterocycles. The van der Waals surface area contributed by atoms with Crippen LogP contribution in [0.25, 0.3) is 0 Å². The maximum atomic E-state index is 13.3. The van der Waals surface area contributed by atoms with Crippen LogP contribution in [0.1, 0.15) is 11.1 Å². The minimum atomic E-state index is -0.586. The van der Waals surface area contributed by atoms with Crippen molar-refractivity contribution >= 4 is 23.0 Å². The lowest BCUT2D eigenvalue weighted by molar-refractivity contribution is -0.385. The van der Waals surface area contributed by atoms with Gasteiger partial charge in [-0.1, -0.05) is 36.4 Å². The van der Waals surface area contributed by atoms with Gasteiger partial charge in [-0.2, -0.15) is 0 Å². The molecule has 1 amide bonds. The normalized spacial score (nSPS) is 12.6. The summed E-state index contributed by atoms with van der Waals surface area (Å²) < 4.78 is 1.08. The highest BCUT2D eigenvalue weighted by atomic mass is 16.6. The van der Waals surface area contributed by atoms with Crippen LogP contribution in [-0.2, 0) is 24.2 Å². The highest BCUT2D eigenvalue weighted by Gasteiger charge is 2.26. The van der Waals surface area contributed by atoms with Crippen molar-refractivity contribution in [2.75, 3.05) is 4.90 Å². The third kappa shape index (κ3) is 3.18. The van der Waals surface area contributed by atoms with E-state index in [1.54, 1.807) is 4.90 Å². The third-order valence-electron chi connectivity index (χ3n) is 4.86. The number of carbonyl (C=O) groups is 1. The lowest BCUT2D eigenvalue weighted by atomic mass is 10.0. The maximum Gasteiger partial charge on any atom is 0.285 e. The Bertz CT molecular complexity index is 1090. The number of nitrogens with zero attached hydrogens (tertiary/aromatic N) is 3. The average Bonchev–Trinajstić information content (AvgIpc) is 2.86. The highest BCUT2D eigenvalue weighted by Crippen LogP contribution is 2.36. The SMILES string of the molecule is O=C(Cn1cc([N+](=O)[O-])ccc1=O)N1c2ccccc2CCc2ccccc21. The van der Waals surface area contributed by atoms with E-state index in [0.717, 1.165) is 58.2 Å². The van der Waals surface area contributed by atoms with Crippen LogP contribution in [0, 0.1) is 10.1 Å². The molecule has 0 radical (unpaired) electrons. The van der Waals surface area contributed by atoms with Gasteiger partial charge in [0.05, 0.1) is 22.5 Å². The molecule has 0 atom stereocenters. The smallest absolute Gasteiger partial charge is 0.285 e. The summed E-state index contributed by atoms with van der Waals surface area (Å²) in [5.41, 5.74) is 2.93. The molecule has 140 valence electrons. The molecule has 7 nitrogen and oxygen atoms in total. The lowest BCUT2D eigenvalue weighted by Gasteiger charge is -2.25. The lowest BCUT2D eigenvalue weighted by Crippen LogP contribution is -2.33. The van der Waals surface area contributed by atoms with Gasteiger partial charge in [0.25, 0.3) is 17.2 Å². The molecular weight excluding hydrogens is 358 g/mol. The summed E-state index contributed by atoms with van der Waals surface area (Å²) in [6.45, 7) is -0.289. The summed E-state index contributed by atoms with van der Waals surface area (Å²) in [4.78, 5) is 37.5. The number of para-hydroxylation sites is 2. The number of benzene rings is 2. The first-order chi connectivity index (χ1) is 13.5. The van der Waals surface area contributed by atoms with Crippen molar-refractivity contribution in [1.82, 2.24) is 4.57 Å². The summed E-state index contributed by atoms with van der Waals surface area (Å²) in [5, 5.41) is 11.0. The van der Waals surface area contributed by atoms with Crippen molar-refractivity contribution in [3.8, 4) is 0 Å². The van der Waals surface area contributed by atoms with Crippen LogP contribution in [-0.4, -0.2) is 15.4 Å². The topological polar surface area (TPSA) is 85.5 Å². The number of rotatable bonds is 3. The number of aromatic nitrogens is 1. The fourth-order valence-corrected chi connectivity index (χ4v) is 3.52. The fourth-order valence-electron chi connectivity index (χ4n) is 3.52. The van der Waals surface area contributed by atoms with Crippen molar-refractivity contribution in [2.24, 2.45) is 0 Å². The van der Waals surface area contributed by atoms with E-state index in [-0.39, 0.29) is 18.1 Å². The molecule has 0 saturated heterocycles. The fraction of sp³-hybridized carbons (Fsp3) is 0.143. The van der Waals surface area contributed by atoms with E-state index in [9.17, 15) is 19.7 Å². The molecule has 0 bridgehead atoms. The molecule has 0 N–H and O–H groups in total. The van der Waals surface area contributed by atoms with E-state index in [4.69, 9.17) is 0 Å². The minimum Gasteiger partial charge on any atom is -0.299 e.